The molecule has 1 saturated carbocycles. The molecule has 0 aromatic heterocycles. The Balaban J connectivity index is 1.41. The van der Waals surface area contributed by atoms with Gasteiger partial charge in [0, 0.05) is 29.0 Å². The van der Waals surface area contributed by atoms with E-state index in [0.29, 0.717) is 17.4 Å². The van der Waals surface area contributed by atoms with Gasteiger partial charge in [-0.05, 0) is 61.6 Å². The molecule has 1 fully saturated rings. The molecule has 0 amide bonds. The first-order chi connectivity index (χ1) is 14.1. The molecule has 146 valence electrons. The minimum Gasteiger partial charge on any atom is -0.363 e. The molecule has 6 heteroatoms. The van der Waals surface area contributed by atoms with E-state index in [9.17, 15) is 0 Å². The van der Waals surface area contributed by atoms with Crippen molar-refractivity contribution in [1.29, 1.82) is 5.26 Å². The fourth-order valence-corrected chi connectivity index (χ4v) is 4.40. The normalized spacial score (nSPS) is 29.2. The molecule has 0 saturated heterocycles. The SMILES string of the molecule is CC1=CC(NC2=NC(Nc3ccc(C#N)cc3)Nc3ccccc32)C2CC2C1N. The van der Waals surface area contributed by atoms with Crippen LogP contribution in [0.3, 0.4) is 0 Å². The molecule has 2 aromatic carbocycles. The lowest BCUT2D eigenvalue weighted by atomic mass is 9.92. The number of nitrogens with two attached hydrogens (primary N) is 1. The van der Waals surface area contributed by atoms with Crippen LogP contribution in [0.4, 0.5) is 11.4 Å². The van der Waals surface area contributed by atoms with Gasteiger partial charge in [-0.2, -0.15) is 5.26 Å². The summed E-state index contributed by atoms with van der Waals surface area (Å²) in [5.41, 5.74) is 11.2. The van der Waals surface area contributed by atoms with Gasteiger partial charge in [0.25, 0.3) is 0 Å². The number of rotatable bonds is 3. The van der Waals surface area contributed by atoms with Crippen molar-refractivity contribution in [3.63, 3.8) is 0 Å². The summed E-state index contributed by atoms with van der Waals surface area (Å²) < 4.78 is 0. The highest BCUT2D eigenvalue weighted by Crippen LogP contribution is 2.48. The van der Waals surface area contributed by atoms with E-state index < -0.39 is 0 Å². The van der Waals surface area contributed by atoms with Crippen LogP contribution in [0.15, 0.2) is 65.2 Å². The van der Waals surface area contributed by atoms with E-state index >= 15 is 0 Å². The van der Waals surface area contributed by atoms with Crippen molar-refractivity contribution in [2.45, 2.75) is 31.7 Å². The summed E-state index contributed by atoms with van der Waals surface area (Å²) >= 11 is 0. The maximum Gasteiger partial charge on any atom is 0.196 e. The smallest absolute Gasteiger partial charge is 0.196 e. The van der Waals surface area contributed by atoms with Gasteiger partial charge >= 0.3 is 0 Å². The highest BCUT2D eigenvalue weighted by molar-refractivity contribution is 6.05. The highest BCUT2D eigenvalue weighted by atomic mass is 15.3. The summed E-state index contributed by atoms with van der Waals surface area (Å²) in [7, 11) is 0. The van der Waals surface area contributed by atoms with Crippen LogP contribution in [0.5, 0.6) is 0 Å². The molecule has 1 aliphatic heterocycles. The Morgan fingerprint density at radius 3 is 2.69 bits per heavy atom. The van der Waals surface area contributed by atoms with Gasteiger partial charge in [-0.3, -0.25) is 0 Å². The van der Waals surface area contributed by atoms with E-state index in [1.807, 2.05) is 24.3 Å². The zero-order chi connectivity index (χ0) is 20.0. The Morgan fingerprint density at radius 1 is 1.10 bits per heavy atom. The second kappa shape index (κ2) is 6.94. The molecular formula is C23H24N6. The molecular weight excluding hydrogens is 360 g/mol. The number of amidine groups is 1. The molecule has 29 heavy (non-hydrogen) atoms. The second-order valence-electron chi connectivity index (χ2n) is 8.07. The van der Waals surface area contributed by atoms with Crippen molar-refractivity contribution in [3.05, 3.63) is 71.3 Å². The van der Waals surface area contributed by atoms with Gasteiger partial charge in [0.15, 0.2) is 6.29 Å². The summed E-state index contributed by atoms with van der Waals surface area (Å²) in [6, 6.07) is 18.2. The van der Waals surface area contributed by atoms with E-state index in [-0.39, 0.29) is 18.4 Å². The first kappa shape index (κ1) is 17.8. The average molecular weight is 384 g/mol. The second-order valence-corrected chi connectivity index (χ2v) is 8.07. The molecule has 2 aromatic rings. The number of hydrogen-bond donors (Lipinski definition) is 4. The topological polar surface area (TPSA) is 98.3 Å². The molecule has 5 rings (SSSR count). The Morgan fingerprint density at radius 2 is 1.90 bits per heavy atom. The van der Waals surface area contributed by atoms with Gasteiger partial charge in [0.05, 0.1) is 11.6 Å². The number of hydrogen-bond acceptors (Lipinski definition) is 6. The van der Waals surface area contributed by atoms with Crippen LogP contribution in [0.2, 0.25) is 0 Å². The van der Waals surface area contributed by atoms with Crippen LogP contribution in [0.1, 0.15) is 24.5 Å². The molecule has 6 nitrogen and oxygen atoms in total. The van der Waals surface area contributed by atoms with Gasteiger partial charge in [-0.15, -0.1) is 0 Å². The highest BCUT2D eigenvalue weighted by Gasteiger charge is 2.49. The van der Waals surface area contributed by atoms with Crippen molar-refractivity contribution in [2.24, 2.45) is 22.6 Å². The van der Waals surface area contributed by atoms with Crippen LogP contribution in [0.25, 0.3) is 0 Å². The van der Waals surface area contributed by atoms with E-state index in [1.54, 1.807) is 12.1 Å². The molecule has 0 bridgehead atoms. The predicted octanol–water partition coefficient (Wildman–Crippen LogP) is 3.01. The fourth-order valence-electron chi connectivity index (χ4n) is 4.40. The van der Waals surface area contributed by atoms with Gasteiger partial charge in [0.1, 0.15) is 5.84 Å². The zero-order valence-corrected chi connectivity index (χ0v) is 16.3. The van der Waals surface area contributed by atoms with Crippen molar-refractivity contribution >= 4 is 17.2 Å². The number of aliphatic imine (C=N–C) groups is 1. The predicted molar refractivity (Wildman–Crippen MR) is 115 cm³/mol. The summed E-state index contributed by atoms with van der Waals surface area (Å²) in [5.74, 6) is 2.06. The summed E-state index contributed by atoms with van der Waals surface area (Å²) in [4.78, 5) is 4.91. The monoisotopic (exact) mass is 384 g/mol. The average Bonchev–Trinajstić information content (AvgIpc) is 3.54. The maximum atomic E-state index is 8.98. The molecule has 0 radical (unpaired) electrons. The first-order valence-corrected chi connectivity index (χ1v) is 10.0. The summed E-state index contributed by atoms with van der Waals surface area (Å²) in [5, 5.41) is 19.5. The lowest BCUT2D eigenvalue weighted by molar-refractivity contribution is 0.510. The zero-order valence-electron chi connectivity index (χ0n) is 16.3. The van der Waals surface area contributed by atoms with E-state index in [4.69, 9.17) is 16.0 Å². The fraction of sp³-hybridized carbons (Fsp3) is 0.304. The summed E-state index contributed by atoms with van der Waals surface area (Å²) in [6.45, 7) is 2.13. The van der Waals surface area contributed by atoms with Gasteiger partial charge in [0.2, 0.25) is 0 Å². The van der Waals surface area contributed by atoms with Crippen LogP contribution in [-0.2, 0) is 0 Å². The van der Waals surface area contributed by atoms with E-state index in [0.717, 1.165) is 22.8 Å². The quantitative estimate of drug-likeness (QED) is 0.610. The van der Waals surface area contributed by atoms with Gasteiger partial charge in [-0.25, -0.2) is 4.99 Å². The van der Waals surface area contributed by atoms with Crippen LogP contribution in [-0.4, -0.2) is 24.2 Å². The Bertz CT molecular complexity index is 1030. The van der Waals surface area contributed by atoms with Gasteiger partial charge < -0.3 is 21.7 Å². The van der Waals surface area contributed by atoms with E-state index in [2.05, 4.69) is 47.2 Å². The molecule has 5 atom stereocenters. The number of fused-ring (bicyclic) bond motifs is 2. The minimum atomic E-state index is -0.300. The first-order valence-electron chi connectivity index (χ1n) is 10.0. The van der Waals surface area contributed by atoms with Crippen molar-refractivity contribution < 1.29 is 0 Å². The molecule has 5 N–H and O–H groups in total. The van der Waals surface area contributed by atoms with Crippen LogP contribution >= 0.6 is 0 Å². The van der Waals surface area contributed by atoms with Crippen molar-refractivity contribution in [1.82, 2.24) is 5.32 Å². The largest absolute Gasteiger partial charge is 0.363 e. The van der Waals surface area contributed by atoms with Crippen molar-refractivity contribution in [3.8, 4) is 6.07 Å². The molecule has 1 heterocycles. The lowest BCUT2D eigenvalue weighted by Gasteiger charge is -2.31. The number of anilines is 2. The number of para-hydroxylation sites is 1. The van der Waals surface area contributed by atoms with Crippen molar-refractivity contribution in [2.75, 3.05) is 10.6 Å². The van der Waals surface area contributed by atoms with E-state index in [1.165, 1.54) is 12.0 Å². The van der Waals surface area contributed by atoms with Gasteiger partial charge in [-0.1, -0.05) is 23.8 Å². The minimum absolute atomic E-state index is 0.200. The van der Waals surface area contributed by atoms with Crippen LogP contribution in [0, 0.1) is 23.2 Å². The third-order valence-electron chi connectivity index (χ3n) is 6.14. The summed E-state index contributed by atoms with van der Waals surface area (Å²) in [6.07, 6.45) is 3.15. The number of benzene rings is 2. The molecule has 0 spiro atoms. The molecule has 2 aliphatic carbocycles. The Kier molecular flexibility index (Phi) is 4.26. The van der Waals surface area contributed by atoms with Crippen LogP contribution < -0.4 is 21.7 Å². The maximum absolute atomic E-state index is 8.98. The standard InChI is InChI=1S/C23H24N6/c1-13-10-20(17-11-18(17)21(13)25)27-22-16-4-2-3-5-19(16)28-23(29-22)26-15-8-6-14(12-24)7-9-15/h2-10,17-18,20-21,23,26,28H,11,25H2,1H3,(H,27,29). The third-order valence-corrected chi connectivity index (χ3v) is 6.14. The Hall–Kier alpha value is -3.30. The number of nitrogens with one attached hydrogen (secondary N) is 3. The lowest BCUT2D eigenvalue weighted by Crippen LogP contribution is -2.44. The Labute approximate surface area is 170 Å². The third kappa shape index (κ3) is 3.34. The molecule has 5 unspecified atom stereocenters. The molecule has 3 aliphatic rings. The number of nitriles is 1. The number of nitrogens with zero attached hydrogens (tertiary/aromatic N) is 2.